The molecular formula is C31H36ClN3O5. The molecule has 1 spiro atoms. The van der Waals surface area contributed by atoms with Crippen LogP contribution in [-0.2, 0) is 14.9 Å². The van der Waals surface area contributed by atoms with Gasteiger partial charge < -0.3 is 24.8 Å². The van der Waals surface area contributed by atoms with Crippen molar-refractivity contribution >= 4 is 29.2 Å². The predicted octanol–water partition coefficient (Wildman–Crippen LogP) is 3.55. The first-order chi connectivity index (χ1) is 19.1. The lowest BCUT2D eigenvalue weighted by molar-refractivity contribution is -0.216. The number of esters is 1. The van der Waals surface area contributed by atoms with Crippen molar-refractivity contribution in [3.05, 3.63) is 70.8 Å². The summed E-state index contributed by atoms with van der Waals surface area (Å²) in [4.78, 5) is 30.6. The lowest BCUT2D eigenvalue weighted by Gasteiger charge is -2.64. The third-order valence-corrected chi connectivity index (χ3v) is 10.2. The van der Waals surface area contributed by atoms with Gasteiger partial charge in [0, 0.05) is 49.1 Å². The van der Waals surface area contributed by atoms with E-state index < -0.39 is 40.5 Å². The molecule has 0 bridgehead atoms. The maximum Gasteiger partial charge on any atom is 0.303 e. The number of halogens is 1. The molecule has 6 atom stereocenters. The maximum absolute atomic E-state index is 13.4. The molecule has 2 N–H and O–H groups in total. The topological polar surface area (TPSA) is 91.3 Å². The lowest BCUT2D eigenvalue weighted by atomic mass is 9.47. The maximum atomic E-state index is 13.4. The molecule has 212 valence electrons. The molecule has 1 saturated carbocycles. The van der Waals surface area contributed by atoms with Crippen molar-refractivity contribution in [2.75, 3.05) is 38.7 Å². The normalized spacial score (nSPS) is 33.6. The second kappa shape index (κ2) is 9.50. The first-order valence-corrected chi connectivity index (χ1v) is 14.3. The van der Waals surface area contributed by atoms with E-state index in [9.17, 15) is 14.7 Å². The number of anilines is 1. The Bertz CT molecular complexity index is 1400. The minimum absolute atomic E-state index is 0.0130. The molecular weight excluding hydrogens is 530 g/mol. The molecule has 2 aromatic rings. The lowest BCUT2D eigenvalue weighted by Crippen LogP contribution is -2.81. The summed E-state index contributed by atoms with van der Waals surface area (Å²) < 4.78 is 11.7. The van der Waals surface area contributed by atoms with Gasteiger partial charge in [0.05, 0.1) is 30.3 Å². The van der Waals surface area contributed by atoms with Gasteiger partial charge in [-0.2, -0.15) is 0 Å². The third-order valence-electron chi connectivity index (χ3n) is 9.87. The van der Waals surface area contributed by atoms with Crippen molar-refractivity contribution in [2.24, 2.45) is 5.41 Å². The number of ether oxygens (including phenoxy) is 2. The molecule has 1 saturated heterocycles. The van der Waals surface area contributed by atoms with Crippen molar-refractivity contribution in [2.45, 2.75) is 55.9 Å². The number of amides is 1. The average Bonchev–Trinajstić information content (AvgIpc) is 3.46. The molecule has 0 aromatic heterocycles. The van der Waals surface area contributed by atoms with Crippen molar-refractivity contribution in [1.82, 2.24) is 10.2 Å². The Hall–Kier alpha value is -3.07. The van der Waals surface area contributed by atoms with Crippen LogP contribution in [0.15, 0.2) is 54.6 Å². The number of carbonyl (C=O) groups is 2. The Labute approximate surface area is 239 Å². The standard InChI is InChI=1S/C31H36ClN3O5/c1-5-29-13-8-15-35-16-14-30(26(29)35)22-12-11-20(39-4)17-24(22)34(3)27(30)31(38,28(29)40-19(2)36)18-33-25(37)21-9-6-7-10-23(21)32/h6-13,17,26-28,38H,5,14-16,18H2,1-4H3,(H,33,37)/t26?,27-,28-,29-,30-,31+/m1/s1. The molecule has 1 amide bonds. The van der Waals surface area contributed by atoms with E-state index in [1.54, 1.807) is 31.4 Å². The number of hydrogen-bond acceptors (Lipinski definition) is 7. The minimum atomic E-state index is -1.65. The number of methoxy groups -OCH3 is 1. The minimum Gasteiger partial charge on any atom is -0.497 e. The largest absolute Gasteiger partial charge is 0.497 e. The molecule has 40 heavy (non-hydrogen) atoms. The highest BCUT2D eigenvalue weighted by molar-refractivity contribution is 6.33. The van der Waals surface area contributed by atoms with Crippen molar-refractivity contribution in [3.63, 3.8) is 0 Å². The fraction of sp³-hybridized carbons (Fsp3) is 0.484. The summed E-state index contributed by atoms with van der Waals surface area (Å²) >= 11 is 6.33. The fourth-order valence-corrected chi connectivity index (χ4v) is 8.83. The molecule has 3 aliphatic heterocycles. The van der Waals surface area contributed by atoms with Crippen LogP contribution in [0, 0.1) is 5.41 Å². The van der Waals surface area contributed by atoms with E-state index in [1.807, 2.05) is 19.2 Å². The van der Waals surface area contributed by atoms with E-state index in [0.29, 0.717) is 17.0 Å². The Kier molecular flexibility index (Phi) is 6.44. The van der Waals surface area contributed by atoms with Crippen LogP contribution in [0.3, 0.4) is 0 Å². The van der Waals surface area contributed by atoms with Gasteiger partial charge in [0.1, 0.15) is 17.5 Å². The second-order valence-corrected chi connectivity index (χ2v) is 12.0. The van der Waals surface area contributed by atoms with Crippen LogP contribution in [-0.4, -0.2) is 79.5 Å². The first-order valence-electron chi connectivity index (χ1n) is 13.9. The molecule has 9 heteroatoms. The van der Waals surface area contributed by atoms with Gasteiger partial charge >= 0.3 is 5.97 Å². The van der Waals surface area contributed by atoms with E-state index in [2.05, 4.69) is 40.3 Å². The number of benzene rings is 2. The Morgan fingerprint density at radius 3 is 2.67 bits per heavy atom. The van der Waals surface area contributed by atoms with E-state index in [4.69, 9.17) is 21.1 Å². The van der Waals surface area contributed by atoms with Crippen LogP contribution < -0.4 is 15.0 Å². The average molecular weight is 566 g/mol. The number of rotatable bonds is 6. The monoisotopic (exact) mass is 565 g/mol. The summed E-state index contributed by atoms with van der Waals surface area (Å²) in [5, 5.41) is 16.4. The first kappa shape index (κ1) is 27.1. The molecule has 2 aromatic carbocycles. The highest BCUT2D eigenvalue weighted by Crippen LogP contribution is 2.67. The number of likely N-dealkylation sites (N-methyl/N-ethyl adjacent to an activating group) is 1. The number of fused-ring (bicyclic) bond motifs is 1. The Balaban J connectivity index is 1.55. The molecule has 3 heterocycles. The van der Waals surface area contributed by atoms with Gasteiger partial charge in [0.15, 0.2) is 0 Å². The number of nitrogens with zero attached hydrogens (tertiary/aromatic N) is 2. The number of nitrogens with one attached hydrogen (secondary N) is 1. The quantitative estimate of drug-likeness (QED) is 0.409. The zero-order chi connectivity index (χ0) is 28.4. The van der Waals surface area contributed by atoms with Gasteiger partial charge in [0.2, 0.25) is 0 Å². The molecule has 2 fully saturated rings. The van der Waals surface area contributed by atoms with Gasteiger partial charge in [-0.1, -0.05) is 48.9 Å². The molecule has 1 aliphatic carbocycles. The zero-order valence-corrected chi connectivity index (χ0v) is 24.1. The van der Waals surface area contributed by atoms with Crippen LogP contribution in [0.1, 0.15) is 42.6 Å². The Morgan fingerprint density at radius 1 is 1.20 bits per heavy atom. The third kappa shape index (κ3) is 3.52. The number of aliphatic hydroxyl groups is 1. The van der Waals surface area contributed by atoms with E-state index >= 15 is 0 Å². The smallest absolute Gasteiger partial charge is 0.303 e. The summed E-state index contributed by atoms with van der Waals surface area (Å²) in [5.41, 5.74) is -0.347. The van der Waals surface area contributed by atoms with Crippen LogP contribution in [0.4, 0.5) is 5.69 Å². The molecule has 6 rings (SSSR count). The van der Waals surface area contributed by atoms with Gasteiger partial charge in [-0.05, 0) is 43.1 Å². The Morgan fingerprint density at radius 2 is 1.98 bits per heavy atom. The van der Waals surface area contributed by atoms with E-state index in [-0.39, 0.29) is 12.6 Å². The fourth-order valence-electron chi connectivity index (χ4n) is 8.61. The van der Waals surface area contributed by atoms with Gasteiger partial charge in [-0.3, -0.25) is 14.5 Å². The highest BCUT2D eigenvalue weighted by atomic mass is 35.5. The summed E-state index contributed by atoms with van der Waals surface area (Å²) in [5.74, 6) is -0.133. The predicted molar refractivity (Wildman–Crippen MR) is 153 cm³/mol. The van der Waals surface area contributed by atoms with E-state index in [0.717, 1.165) is 36.5 Å². The summed E-state index contributed by atoms with van der Waals surface area (Å²) in [6.07, 6.45) is 4.85. The molecule has 4 aliphatic rings. The molecule has 8 nitrogen and oxygen atoms in total. The molecule has 1 unspecified atom stereocenters. The van der Waals surface area contributed by atoms with Crippen LogP contribution in [0.5, 0.6) is 5.75 Å². The summed E-state index contributed by atoms with van der Waals surface area (Å²) in [7, 11) is 3.62. The zero-order valence-electron chi connectivity index (χ0n) is 23.3. The summed E-state index contributed by atoms with van der Waals surface area (Å²) in [6.45, 7) is 4.99. The van der Waals surface area contributed by atoms with Crippen molar-refractivity contribution < 1.29 is 24.2 Å². The van der Waals surface area contributed by atoms with Crippen LogP contribution >= 0.6 is 11.6 Å². The van der Waals surface area contributed by atoms with Crippen LogP contribution in [0.2, 0.25) is 5.02 Å². The van der Waals surface area contributed by atoms with Crippen molar-refractivity contribution in [1.29, 1.82) is 0 Å². The number of carbonyl (C=O) groups excluding carboxylic acids is 2. The summed E-state index contributed by atoms with van der Waals surface area (Å²) in [6, 6.07) is 12.4. The van der Waals surface area contributed by atoms with E-state index in [1.165, 1.54) is 6.92 Å². The second-order valence-electron chi connectivity index (χ2n) is 11.6. The van der Waals surface area contributed by atoms with Crippen LogP contribution in [0.25, 0.3) is 0 Å². The SMILES string of the molecule is CC[C@]12C=CCN3CC[C@@]4(c5ccc(OC)cc5N(C)[C@H]4[C@@](O)(CNC(=O)c4ccccc4Cl)[C@@H]1OC(C)=O)C32. The molecule has 0 radical (unpaired) electrons. The highest BCUT2D eigenvalue weighted by Gasteiger charge is 2.77. The van der Waals surface area contributed by atoms with Gasteiger partial charge in [-0.15, -0.1) is 0 Å². The van der Waals surface area contributed by atoms with Crippen molar-refractivity contribution in [3.8, 4) is 5.75 Å². The van der Waals surface area contributed by atoms with Gasteiger partial charge in [-0.25, -0.2) is 0 Å². The van der Waals surface area contributed by atoms with Gasteiger partial charge in [0.25, 0.3) is 5.91 Å². The number of hydrogen-bond donors (Lipinski definition) is 2.